The van der Waals surface area contributed by atoms with Gasteiger partial charge in [0.2, 0.25) is 0 Å². The van der Waals surface area contributed by atoms with Crippen LogP contribution in [0.4, 0.5) is 0 Å². The molecule has 10 rings (SSSR count). The van der Waals surface area contributed by atoms with Gasteiger partial charge in [-0.2, -0.15) is 8.75 Å². The largest absolute Gasteiger partial charge is 0.379 e. The lowest BCUT2D eigenvalue weighted by molar-refractivity contribution is 0.0492. The zero-order chi connectivity index (χ0) is 60.9. The lowest BCUT2D eigenvalue weighted by Crippen LogP contribution is -2.07. The molecule has 0 amide bonds. The number of hydrogen-bond donors (Lipinski definition) is 0. The number of ether oxygens (including phenoxy) is 8. The molecule has 0 atom stereocenters. The van der Waals surface area contributed by atoms with Crippen LogP contribution in [0, 0.1) is 6.92 Å². The highest BCUT2D eigenvalue weighted by Crippen LogP contribution is 2.50. The van der Waals surface area contributed by atoms with Gasteiger partial charge >= 0.3 is 0 Å². The quantitative estimate of drug-likeness (QED) is 0.0274. The predicted octanol–water partition coefficient (Wildman–Crippen LogP) is 20.2. The molecule has 0 bridgehead atoms. The number of thiophene rings is 8. The lowest BCUT2D eigenvalue weighted by Gasteiger charge is -2.05. The average molecular weight is 1350 g/mol. The molecule has 0 radical (unpaired) electrons. The van der Waals surface area contributed by atoms with Crippen molar-refractivity contribution in [3.63, 3.8) is 0 Å². The molecule has 0 aliphatic rings. The van der Waals surface area contributed by atoms with E-state index in [2.05, 4.69) is 123 Å². The van der Waals surface area contributed by atoms with Crippen LogP contribution >= 0.6 is 102 Å². The average Bonchev–Trinajstić information content (AvgIpc) is 2.22. The van der Waals surface area contributed by atoms with Crippen molar-refractivity contribution in [2.75, 3.05) is 106 Å². The molecule has 19 heteroatoms. The molecule has 0 unspecified atom stereocenters. The van der Waals surface area contributed by atoms with Crippen molar-refractivity contribution in [3.8, 4) is 79.4 Å². The third-order valence-corrected chi connectivity index (χ3v) is 24.8. The van der Waals surface area contributed by atoms with Gasteiger partial charge in [0, 0.05) is 116 Å². The lowest BCUT2D eigenvalue weighted by atomic mass is 10.0. The summed E-state index contributed by atoms with van der Waals surface area (Å²) in [6.07, 6.45) is 12.8. The predicted molar refractivity (Wildman–Crippen MR) is 381 cm³/mol. The Morgan fingerprint density at radius 3 is 1.12 bits per heavy atom. The van der Waals surface area contributed by atoms with E-state index in [9.17, 15) is 0 Å². The smallest absolute Gasteiger partial charge is 0.114 e. The first-order valence-corrected chi connectivity index (χ1v) is 37.7. The molecule has 10 nitrogen and oxygen atoms in total. The Morgan fingerprint density at radius 1 is 0.352 bits per heavy atom. The van der Waals surface area contributed by atoms with Gasteiger partial charge in [0.25, 0.3) is 0 Å². The molecule has 1 aromatic carbocycles. The second-order valence-electron chi connectivity index (χ2n) is 20.5. The number of rotatable bonds is 39. The second kappa shape index (κ2) is 35.0. The molecular formula is C69H78N2O8S9. The third-order valence-electron chi connectivity index (χ3n) is 14.2. The Balaban J connectivity index is 0.909. The summed E-state index contributed by atoms with van der Waals surface area (Å²) in [5, 5.41) is 0. The van der Waals surface area contributed by atoms with Crippen molar-refractivity contribution >= 4 is 120 Å². The molecule has 0 saturated carbocycles. The van der Waals surface area contributed by atoms with E-state index in [0.29, 0.717) is 99.1 Å². The normalized spacial score (nSPS) is 12.1. The summed E-state index contributed by atoms with van der Waals surface area (Å²) >= 11 is 16.1. The van der Waals surface area contributed by atoms with E-state index in [0.717, 1.165) is 60.9 Å². The van der Waals surface area contributed by atoms with Crippen LogP contribution in [0.25, 0.3) is 96.5 Å². The SMILES string of the molecule is C/C=C/C=C/c1cc(CCOCCOCC)c(-c2ccc(-c3ccc(-c4sc(-c5ccc(-c6cc(CCOCCOCC)c(-c7ccc(-c8ccc(-c9sc(C)cc9CCOCCOCCC)s8)s7)s6)c6nsnc56)cc4CCOCCOCC)s3)s2)s1. The molecule has 88 heavy (non-hydrogen) atoms. The fourth-order valence-corrected chi connectivity index (χ4v) is 20.0. The number of fused-ring (bicyclic) bond motifs is 1. The molecule has 0 fully saturated rings. The second-order valence-corrected chi connectivity index (χ2v) is 29.8. The van der Waals surface area contributed by atoms with Crippen molar-refractivity contribution < 1.29 is 37.9 Å². The van der Waals surface area contributed by atoms with Crippen molar-refractivity contribution in [1.82, 2.24) is 8.75 Å². The molecule has 0 aliphatic heterocycles. The molecular weight excluding hydrogens is 1270 g/mol. The summed E-state index contributed by atoms with van der Waals surface area (Å²) in [7, 11) is 0. The Labute approximate surface area is 555 Å². The van der Waals surface area contributed by atoms with Gasteiger partial charge < -0.3 is 37.9 Å². The fourth-order valence-electron chi connectivity index (χ4n) is 9.98. The van der Waals surface area contributed by atoms with Crippen molar-refractivity contribution in [2.24, 2.45) is 0 Å². The van der Waals surface area contributed by atoms with Crippen LogP contribution in [-0.2, 0) is 63.6 Å². The van der Waals surface area contributed by atoms with Gasteiger partial charge in [-0.15, -0.1) is 90.7 Å². The Hall–Kier alpha value is -4.20. The zero-order valence-corrected chi connectivity index (χ0v) is 58.4. The molecule has 466 valence electrons. The number of aromatic nitrogens is 2. The summed E-state index contributed by atoms with van der Waals surface area (Å²) in [6, 6.07) is 32.3. The molecule has 10 aromatic rings. The minimum atomic E-state index is 0.567. The van der Waals surface area contributed by atoms with Gasteiger partial charge in [-0.25, -0.2) is 0 Å². The van der Waals surface area contributed by atoms with Crippen LogP contribution in [0.15, 0.2) is 103 Å². The number of allylic oxidation sites excluding steroid dienone is 3. The Bertz CT molecular complexity index is 3780. The van der Waals surface area contributed by atoms with Crippen LogP contribution in [0.3, 0.4) is 0 Å². The molecule has 9 heterocycles. The van der Waals surface area contributed by atoms with Crippen molar-refractivity contribution in [2.45, 2.75) is 73.6 Å². The van der Waals surface area contributed by atoms with Crippen LogP contribution in [0.1, 0.15) is 73.0 Å². The van der Waals surface area contributed by atoms with Gasteiger partial charge in [0.05, 0.1) is 91.0 Å². The van der Waals surface area contributed by atoms with Gasteiger partial charge in [-0.05, 0) is 168 Å². The van der Waals surface area contributed by atoms with Gasteiger partial charge in [-0.1, -0.05) is 37.3 Å². The summed E-state index contributed by atoms with van der Waals surface area (Å²) < 4.78 is 56.7. The van der Waals surface area contributed by atoms with Gasteiger partial charge in [0.15, 0.2) is 0 Å². The first kappa shape index (κ1) is 66.7. The number of benzene rings is 1. The maximum Gasteiger partial charge on any atom is 0.114 e. The maximum absolute atomic E-state index is 6.16. The zero-order valence-electron chi connectivity index (χ0n) is 51.1. The molecule has 0 spiro atoms. The van der Waals surface area contributed by atoms with Gasteiger partial charge in [0.1, 0.15) is 11.0 Å². The van der Waals surface area contributed by atoms with E-state index in [1.165, 1.54) is 112 Å². The Morgan fingerprint density at radius 2 is 0.716 bits per heavy atom. The molecule has 0 saturated heterocycles. The highest BCUT2D eigenvalue weighted by Gasteiger charge is 2.24. The highest BCUT2D eigenvalue weighted by molar-refractivity contribution is 7.30. The van der Waals surface area contributed by atoms with Gasteiger partial charge in [-0.3, -0.25) is 0 Å². The monoisotopic (exact) mass is 1350 g/mol. The van der Waals surface area contributed by atoms with E-state index < -0.39 is 0 Å². The third kappa shape index (κ3) is 17.9. The summed E-state index contributed by atoms with van der Waals surface area (Å²) in [4.78, 5) is 20.2. The van der Waals surface area contributed by atoms with E-state index in [4.69, 9.17) is 46.6 Å². The number of hydrogen-bond acceptors (Lipinski definition) is 19. The summed E-state index contributed by atoms with van der Waals surface area (Å²) in [6.45, 7) is 22.6. The fraction of sp³-hybridized carbons (Fsp3) is 0.391. The molecule has 0 aliphatic carbocycles. The minimum Gasteiger partial charge on any atom is -0.379 e. The van der Waals surface area contributed by atoms with Crippen LogP contribution in [-0.4, -0.2) is 114 Å². The number of nitrogens with zero attached hydrogens (tertiary/aromatic N) is 2. The van der Waals surface area contributed by atoms with Crippen molar-refractivity contribution in [3.05, 3.63) is 135 Å². The number of aryl methyl sites for hydroxylation is 1. The molecule has 0 N–H and O–H groups in total. The minimum absolute atomic E-state index is 0.567. The highest BCUT2D eigenvalue weighted by atomic mass is 32.1. The first-order valence-electron chi connectivity index (χ1n) is 30.4. The summed E-state index contributed by atoms with van der Waals surface area (Å²) in [5.41, 5.74) is 9.25. The molecule has 9 aromatic heterocycles. The Kier molecular flexibility index (Phi) is 26.5. The summed E-state index contributed by atoms with van der Waals surface area (Å²) in [5.74, 6) is 0. The van der Waals surface area contributed by atoms with E-state index in [-0.39, 0.29) is 0 Å². The van der Waals surface area contributed by atoms with E-state index in [1.807, 2.05) is 118 Å². The van der Waals surface area contributed by atoms with E-state index >= 15 is 0 Å². The van der Waals surface area contributed by atoms with Crippen LogP contribution in [0.2, 0.25) is 0 Å². The first-order chi connectivity index (χ1) is 43.4. The topological polar surface area (TPSA) is 99.6 Å². The van der Waals surface area contributed by atoms with Crippen LogP contribution < -0.4 is 0 Å². The maximum atomic E-state index is 6.16. The van der Waals surface area contributed by atoms with E-state index in [1.54, 1.807) is 0 Å². The standard InChI is InChI=1S/C69H78N2O8S9/c1-7-12-13-14-51-43-48(26-31-76-37-34-72-9-3)67(81-51)59-22-18-55(83-59)57-20-24-61(85-57)69-50(28-33-78-39-36-74-11-5)45-63(87-69)53-16-15-52(64-65(53)71-88-70-64)62-44-49(27-32-77-38-35-73-10-4)68(86-62)60-23-19-56(84-60)54-17-21-58(82-54)66-47(42-46(6)80-66)25-30-79-41-40-75-29-8-2/h7,12-24,42-45H,8-11,25-41H2,1-6H3/b12-7+,14-13+. The van der Waals surface area contributed by atoms with Crippen molar-refractivity contribution in [1.29, 1.82) is 0 Å². The van der Waals surface area contributed by atoms with Crippen LogP contribution in [0.5, 0.6) is 0 Å².